The predicted octanol–water partition coefficient (Wildman–Crippen LogP) is 2.00. The van der Waals surface area contributed by atoms with Crippen LogP contribution in [0.15, 0.2) is 0 Å². The van der Waals surface area contributed by atoms with Gasteiger partial charge in [-0.1, -0.05) is 13.8 Å². The summed E-state index contributed by atoms with van der Waals surface area (Å²) < 4.78 is 5.54. The number of rotatable bonds is 6. The predicted molar refractivity (Wildman–Crippen MR) is 83.5 cm³/mol. The van der Waals surface area contributed by atoms with Gasteiger partial charge in [0.1, 0.15) is 6.04 Å². The Kier molecular flexibility index (Phi) is 6.34. The van der Waals surface area contributed by atoms with E-state index in [1.54, 1.807) is 0 Å². The second kappa shape index (κ2) is 7.35. The Morgan fingerprint density at radius 3 is 2.57 bits per heavy atom. The Balaban J connectivity index is 2.73. The minimum atomic E-state index is -0.954. The molecular weight excluding hydrogens is 292 g/mol. The number of carboxylic acids is 1. The third-order valence-corrected chi connectivity index (χ3v) is 4.95. The van der Waals surface area contributed by atoms with Crippen molar-refractivity contribution in [3.05, 3.63) is 0 Å². The number of nitrogens with one attached hydrogen (secondary N) is 1. The SMILES string of the molecule is CCOC(C)(C)CNC(=O)N1C(C(=O)O)CSC1C(C)C. The molecule has 1 rings (SSSR count). The fraction of sp³-hybridized carbons (Fsp3) is 0.857. The molecule has 0 bridgehead atoms. The Morgan fingerprint density at radius 2 is 2.10 bits per heavy atom. The van der Waals surface area contributed by atoms with Gasteiger partial charge in [-0.15, -0.1) is 11.8 Å². The number of carbonyl (C=O) groups is 2. The fourth-order valence-electron chi connectivity index (χ4n) is 2.31. The van der Waals surface area contributed by atoms with Crippen molar-refractivity contribution in [1.82, 2.24) is 10.2 Å². The second-order valence-corrected chi connectivity index (χ2v) is 7.23. The average Bonchev–Trinajstić information content (AvgIpc) is 2.81. The van der Waals surface area contributed by atoms with Crippen molar-refractivity contribution in [2.24, 2.45) is 5.92 Å². The smallest absolute Gasteiger partial charge is 0.327 e. The van der Waals surface area contributed by atoms with Crippen molar-refractivity contribution < 1.29 is 19.4 Å². The molecule has 0 aliphatic carbocycles. The summed E-state index contributed by atoms with van der Waals surface area (Å²) in [6, 6.07) is -1.10. The van der Waals surface area contributed by atoms with Gasteiger partial charge in [0.05, 0.1) is 11.0 Å². The van der Waals surface area contributed by atoms with E-state index in [1.165, 1.54) is 16.7 Å². The molecule has 1 aliphatic heterocycles. The summed E-state index contributed by atoms with van der Waals surface area (Å²) in [5.74, 6) is -0.324. The van der Waals surface area contributed by atoms with E-state index in [0.29, 0.717) is 18.9 Å². The van der Waals surface area contributed by atoms with E-state index in [4.69, 9.17) is 4.74 Å². The quantitative estimate of drug-likeness (QED) is 0.783. The third-order valence-electron chi connectivity index (χ3n) is 3.33. The molecule has 0 radical (unpaired) electrons. The molecule has 0 saturated carbocycles. The highest BCUT2D eigenvalue weighted by atomic mass is 32.2. The normalized spacial score (nSPS) is 22.7. The molecule has 0 spiro atoms. The van der Waals surface area contributed by atoms with Crippen LogP contribution < -0.4 is 5.32 Å². The second-order valence-electron chi connectivity index (χ2n) is 6.08. The highest BCUT2D eigenvalue weighted by Crippen LogP contribution is 2.34. The molecule has 6 nitrogen and oxygen atoms in total. The van der Waals surface area contributed by atoms with Crippen molar-refractivity contribution in [2.75, 3.05) is 18.9 Å². The molecule has 0 aromatic carbocycles. The number of nitrogens with zero attached hydrogens (tertiary/aromatic N) is 1. The van der Waals surface area contributed by atoms with E-state index < -0.39 is 17.6 Å². The van der Waals surface area contributed by atoms with Crippen LogP contribution in [-0.4, -0.2) is 57.9 Å². The van der Waals surface area contributed by atoms with Gasteiger partial charge in [0.25, 0.3) is 0 Å². The topological polar surface area (TPSA) is 78.9 Å². The van der Waals surface area contributed by atoms with Crippen LogP contribution in [0, 0.1) is 5.92 Å². The van der Waals surface area contributed by atoms with Gasteiger partial charge < -0.3 is 15.2 Å². The maximum absolute atomic E-state index is 12.4. The van der Waals surface area contributed by atoms with Gasteiger partial charge >= 0.3 is 12.0 Å². The Bertz CT molecular complexity index is 387. The van der Waals surface area contributed by atoms with E-state index in [1.807, 2.05) is 34.6 Å². The molecule has 0 aromatic heterocycles. The minimum Gasteiger partial charge on any atom is -0.480 e. The van der Waals surface area contributed by atoms with Crippen LogP contribution in [0.4, 0.5) is 4.79 Å². The zero-order valence-corrected chi connectivity index (χ0v) is 14.2. The molecule has 2 atom stereocenters. The van der Waals surface area contributed by atoms with Gasteiger partial charge in [-0.05, 0) is 26.7 Å². The van der Waals surface area contributed by atoms with Gasteiger partial charge in [0.15, 0.2) is 0 Å². The molecule has 7 heteroatoms. The summed E-state index contributed by atoms with van der Waals surface area (Å²) >= 11 is 1.52. The number of ether oxygens (including phenoxy) is 1. The molecule has 0 aromatic rings. The maximum atomic E-state index is 12.4. The molecule has 1 saturated heterocycles. The summed E-state index contributed by atoms with van der Waals surface area (Å²) in [6.07, 6.45) is 0. The number of carbonyl (C=O) groups excluding carboxylic acids is 1. The van der Waals surface area contributed by atoms with Crippen LogP contribution in [-0.2, 0) is 9.53 Å². The molecule has 2 N–H and O–H groups in total. The van der Waals surface area contributed by atoms with E-state index >= 15 is 0 Å². The van der Waals surface area contributed by atoms with E-state index in [-0.39, 0.29) is 17.3 Å². The zero-order valence-electron chi connectivity index (χ0n) is 13.4. The van der Waals surface area contributed by atoms with Gasteiger partial charge in [0.2, 0.25) is 0 Å². The molecule has 1 heterocycles. The Hall–Kier alpha value is -0.950. The molecule has 1 aliphatic rings. The molecule has 21 heavy (non-hydrogen) atoms. The first-order valence-corrected chi connectivity index (χ1v) is 8.29. The first-order chi connectivity index (χ1) is 9.69. The number of hydrogen-bond donors (Lipinski definition) is 2. The van der Waals surface area contributed by atoms with Gasteiger partial charge in [-0.25, -0.2) is 9.59 Å². The molecule has 1 fully saturated rings. The Morgan fingerprint density at radius 1 is 1.48 bits per heavy atom. The van der Waals surface area contributed by atoms with Crippen LogP contribution in [0.3, 0.4) is 0 Å². The number of urea groups is 1. The Labute approximate surface area is 130 Å². The number of thioether (sulfide) groups is 1. The van der Waals surface area contributed by atoms with Crippen molar-refractivity contribution in [2.45, 2.75) is 51.6 Å². The van der Waals surface area contributed by atoms with E-state index in [0.717, 1.165) is 0 Å². The first-order valence-electron chi connectivity index (χ1n) is 7.24. The van der Waals surface area contributed by atoms with Gasteiger partial charge in [-0.3, -0.25) is 4.90 Å². The third kappa shape index (κ3) is 4.78. The molecular formula is C14H26N2O4S. The lowest BCUT2D eigenvalue weighted by atomic mass is 10.1. The van der Waals surface area contributed by atoms with E-state index in [2.05, 4.69) is 5.32 Å². The maximum Gasteiger partial charge on any atom is 0.327 e. The lowest BCUT2D eigenvalue weighted by molar-refractivity contribution is -0.141. The summed E-state index contributed by atoms with van der Waals surface area (Å²) in [4.78, 5) is 25.2. The van der Waals surface area contributed by atoms with Gasteiger partial charge in [0, 0.05) is 18.9 Å². The monoisotopic (exact) mass is 318 g/mol. The highest BCUT2D eigenvalue weighted by Gasteiger charge is 2.43. The fourth-order valence-corrected chi connectivity index (χ4v) is 3.78. The summed E-state index contributed by atoms with van der Waals surface area (Å²) in [6.45, 7) is 10.6. The van der Waals surface area contributed by atoms with Gasteiger partial charge in [-0.2, -0.15) is 0 Å². The summed E-state index contributed by atoms with van der Waals surface area (Å²) in [5, 5.41) is 12.0. The van der Waals surface area contributed by atoms with Crippen molar-refractivity contribution >= 4 is 23.8 Å². The van der Waals surface area contributed by atoms with Crippen LogP contribution >= 0.6 is 11.8 Å². The lowest BCUT2D eigenvalue weighted by Gasteiger charge is -2.32. The van der Waals surface area contributed by atoms with Crippen LogP contribution in [0.25, 0.3) is 0 Å². The largest absolute Gasteiger partial charge is 0.480 e. The highest BCUT2D eigenvalue weighted by molar-refractivity contribution is 8.00. The minimum absolute atomic E-state index is 0.110. The van der Waals surface area contributed by atoms with Crippen LogP contribution in [0.2, 0.25) is 0 Å². The lowest BCUT2D eigenvalue weighted by Crippen LogP contribution is -2.53. The summed E-state index contributed by atoms with van der Waals surface area (Å²) in [5.41, 5.74) is -0.469. The number of amides is 2. The standard InChI is InChI=1S/C14H26N2O4S/c1-6-20-14(4,5)8-15-13(19)16-10(12(17)18)7-21-11(16)9(2)3/h9-11H,6-8H2,1-5H3,(H,15,19)(H,17,18). The number of carboxylic acid groups (broad SMARTS) is 1. The van der Waals surface area contributed by atoms with Crippen LogP contribution in [0.1, 0.15) is 34.6 Å². The molecule has 122 valence electrons. The number of aliphatic carboxylic acids is 1. The van der Waals surface area contributed by atoms with Crippen molar-refractivity contribution in [3.63, 3.8) is 0 Å². The van der Waals surface area contributed by atoms with Crippen LogP contribution in [0.5, 0.6) is 0 Å². The van der Waals surface area contributed by atoms with Crippen molar-refractivity contribution in [3.8, 4) is 0 Å². The van der Waals surface area contributed by atoms with Crippen molar-refractivity contribution in [1.29, 1.82) is 0 Å². The summed E-state index contributed by atoms with van der Waals surface area (Å²) in [7, 11) is 0. The average molecular weight is 318 g/mol. The van der Waals surface area contributed by atoms with E-state index in [9.17, 15) is 14.7 Å². The molecule has 2 unspecified atom stereocenters. The number of hydrogen-bond acceptors (Lipinski definition) is 4. The first kappa shape index (κ1) is 18.1. The molecule has 2 amide bonds. The zero-order chi connectivity index (χ0) is 16.2.